The van der Waals surface area contributed by atoms with Crippen LogP contribution in [0.4, 0.5) is 0 Å². The zero-order valence-corrected chi connectivity index (χ0v) is 16.3. The third-order valence-corrected chi connectivity index (χ3v) is 4.46. The van der Waals surface area contributed by atoms with Gasteiger partial charge in [-0.15, -0.1) is 5.10 Å². The van der Waals surface area contributed by atoms with E-state index < -0.39 is 0 Å². The molecule has 0 aliphatic carbocycles. The fourth-order valence-corrected chi connectivity index (χ4v) is 2.97. The Labute approximate surface area is 162 Å². The fraction of sp³-hybridized carbons (Fsp3) is 0.688. The number of carbonyl (C=O) groups excluding carboxylic acids is 1. The van der Waals surface area contributed by atoms with Crippen molar-refractivity contribution in [2.45, 2.75) is 46.2 Å². The quantitative estimate of drug-likeness (QED) is 0.619. The van der Waals surface area contributed by atoms with Crippen molar-refractivity contribution < 1.29 is 14.7 Å². The molecule has 0 bridgehead atoms. The second-order valence-electron chi connectivity index (χ2n) is 6.37. The highest BCUT2D eigenvalue weighted by molar-refractivity contribution is 5.76. The largest absolute Gasteiger partial charge is 0.483 e. The number of H-pyrrole nitrogens is 1. The molecule has 0 unspecified atom stereocenters. The van der Waals surface area contributed by atoms with Gasteiger partial charge in [0.15, 0.2) is 0 Å². The smallest absolute Gasteiger partial charge is 0.290 e. The molecule has 0 radical (unpaired) electrons. The van der Waals surface area contributed by atoms with Gasteiger partial charge in [0.25, 0.3) is 6.47 Å². The first-order chi connectivity index (χ1) is 13.6. The molecule has 2 aromatic heterocycles. The van der Waals surface area contributed by atoms with E-state index in [1.165, 1.54) is 0 Å². The number of aryl methyl sites for hydroxylation is 3. The summed E-state index contributed by atoms with van der Waals surface area (Å²) in [6.45, 7) is 8.23. The summed E-state index contributed by atoms with van der Waals surface area (Å²) < 4.78 is 1.66. The number of tetrazole rings is 1. The number of hydrogen-bond donors (Lipinski definition) is 2. The van der Waals surface area contributed by atoms with E-state index in [2.05, 4.69) is 35.6 Å². The van der Waals surface area contributed by atoms with E-state index in [0.29, 0.717) is 13.0 Å². The highest BCUT2D eigenvalue weighted by atomic mass is 16.3. The van der Waals surface area contributed by atoms with Gasteiger partial charge in [-0.25, -0.2) is 9.67 Å². The molecular weight excluding hydrogens is 366 g/mol. The molecule has 1 aliphatic heterocycles. The van der Waals surface area contributed by atoms with Crippen LogP contribution in [0.25, 0.3) is 0 Å². The number of nitrogens with one attached hydrogen (secondary N) is 1. The summed E-state index contributed by atoms with van der Waals surface area (Å²) in [4.78, 5) is 29.5. The van der Waals surface area contributed by atoms with E-state index in [-0.39, 0.29) is 12.4 Å². The Morgan fingerprint density at radius 1 is 1.29 bits per heavy atom. The molecule has 1 aliphatic rings. The molecule has 28 heavy (non-hydrogen) atoms. The molecule has 1 fully saturated rings. The van der Waals surface area contributed by atoms with Crippen LogP contribution in [0.1, 0.15) is 37.2 Å². The van der Waals surface area contributed by atoms with E-state index >= 15 is 0 Å². The lowest BCUT2D eigenvalue weighted by atomic mass is 10.3. The highest BCUT2D eigenvalue weighted by Gasteiger charge is 2.20. The van der Waals surface area contributed by atoms with Gasteiger partial charge in [-0.2, -0.15) is 5.10 Å². The van der Waals surface area contributed by atoms with E-state index in [1.54, 1.807) is 4.68 Å². The Morgan fingerprint density at radius 2 is 2.07 bits per heavy atom. The van der Waals surface area contributed by atoms with Crippen LogP contribution in [-0.2, 0) is 29.1 Å². The van der Waals surface area contributed by atoms with Crippen LogP contribution in [0.15, 0.2) is 0 Å². The molecule has 12 heteroatoms. The van der Waals surface area contributed by atoms with Gasteiger partial charge < -0.3 is 10.0 Å². The zero-order chi connectivity index (χ0) is 20.4. The monoisotopic (exact) mass is 393 g/mol. The predicted octanol–water partition coefficient (Wildman–Crippen LogP) is -0.513. The number of aromatic amines is 1. The minimum atomic E-state index is -0.250. The van der Waals surface area contributed by atoms with Gasteiger partial charge in [0.2, 0.25) is 5.91 Å². The van der Waals surface area contributed by atoms with Crippen molar-refractivity contribution in [1.82, 2.24) is 45.2 Å². The van der Waals surface area contributed by atoms with Gasteiger partial charge in [0.05, 0.1) is 13.1 Å². The third kappa shape index (κ3) is 6.37. The Hall–Kier alpha value is -2.89. The molecule has 0 aromatic carbocycles. The van der Waals surface area contributed by atoms with Crippen molar-refractivity contribution >= 4 is 12.4 Å². The van der Waals surface area contributed by atoms with Crippen LogP contribution in [0.3, 0.4) is 0 Å². The first kappa shape index (κ1) is 21.4. The summed E-state index contributed by atoms with van der Waals surface area (Å²) >= 11 is 0. The van der Waals surface area contributed by atoms with Crippen LogP contribution in [0.2, 0.25) is 0 Å². The molecule has 154 valence electrons. The lowest BCUT2D eigenvalue weighted by molar-refractivity contribution is -0.131. The second-order valence-corrected chi connectivity index (χ2v) is 6.37. The SMILES string of the molecule is CCc1n[nH]c(CN2CCCN(C(=O)CCn3nnnc3C)CC2)n1.O=CO. The van der Waals surface area contributed by atoms with Gasteiger partial charge in [0.1, 0.15) is 17.5 Å². The molecule has 1 saturated heterocycles. The fourth-order valence-electron chi connectivity index (χ4n) is 2.97. The summed E-state index contributed by atoms with van der Waals surface area (Å²) in [5, 5.41) is 25.4. The Kier molecular flexibility index (Phi) is 8.46. The van der Waals surface area contributed by atoms with Crippen LogP contribution in [-0.4, -0.2) is 88.9 Å². The molecule has 12 nitrogen and oxygen atoms in total. The van der Waals surface area contributed by atoms with Crippen LogP contribution in [0, 0.1) is 6.92 Å². The molecule has 2 N–H and O–H groups in total. The Balaban J connectivity index is 0.000000878. The first-order valence-corrected chi connectivity index (χ1v) is 9.28. The van der Waals surface area contributed by atoms with E-state index in [4.69, 9.17) is 9.90 Å². The number of amides is 1. The van der Waals surface area contributed by atoms with Gasteiger partial charge in [0, 0.05) is 39.0 Å². The first-order valence-electron chi connectivity index (χ1n) is 9.28. The lowest BCUT2D eigenvalue weighted by Gasteiger charge is -2.21. The minimum absolute atomic E-state index is 0.157. The summed E-state index contributed by atoms with van der Waals surface area (Å²) in [5.41, 5.74) is 0. The Morgan fingerprint density at radius 3 is 2.71 bits per heavy atom. The maximum Gasteiger partial charge on any atom is 0.290 e. The molecule has 0 atom stereocenters. The van der Waals surface area contributed by atoms with E-state index in [1.807, 2.05) is 18.7 Å². The maximum absolute atomic E-state index is 12.5. The van der Waals surface area contributed by atoms with Crippen molar-refractivity contribution in [1.29, 1.82) is 0 Å². The van der Waals surface area contributed by atoms with Crippen molar-refractivity contribution in [2.24, 2.45) is 0 Å². The van der Waals surface area contributed by atoms with Gasteiger partial charge in [-0.1, -0.05) is 6.92 Å². The van der Waals surface area contributed by atoms with E-state index in [0.717, 1.165) is 63.0 Å². The molecule has 3 heterocycles. The molecular formula is C16H27N9O3. The standard InChI is InChI=1S/C15H25N9O.CH2O2/c1-3-13-16-14(19-18-13)11-22-6-4-7-23(10-9-22)15(25)5-8-24-12(2)17-20-21-24;2-1-3/h3-11H2,1-2H3,(H,16,18,19);1H,(H,2,3). The number of rotatable bonds is 6. The Bertz CT molecular complexity index is 745. The number of aromatic nitrogens is 7. The molecule has 3 rings (SSSR count). The summed E-state index contributed by atoms with van der Waals surface area (Å²) in [6, 6.07) is 0. The van der Waals surface area contributed by atoms with Crippen LogP contribution >= 0.6 is 0 Å². The normalized spacial score (nSPS) is 14.9. The maximum atomic E-state index is 12.5. The number of nitrogens with zero attached hydrogens (tertiary/aromatic N) is 8. The number of carbonyl (C=O) groups is 2. The molecule has 0 spiro atoms. The van der Waals surface area contributed by atoms with Crippen molar-refractivity contribution in [3.8, 4) is 0 Å². The average Bonchev–Trinajstić information content (AvgIpc) is 3.24. The topological polar surface area (TPSA) is 146 Å². The van der Waals surface area contributed by atoms with Crippen molar-refractivity contribution in [2.75, 3.05) is 26.2 Å². The van der Waals surface area contributed by atoms with Crippen molar-refractivity contribution in [3.05, 3.63) is 17.5 Å². The number of hydrogen-bond acceptors (Lipinski definition) is 8. The summed E-state index contributed by atoms with van der Waals surface area (Å²) in [7, 11) is 0. The highest BCUT2D eigenvalue weighted by Crippen LogP contribution is 2.08. The summed E-state index contributed by atoms with van der Waals surface area (Å²) in [6.07, 6.45) is 2.22. The van der Waals surface area contributed by atoms with Gasteiger partial charge >= 0.3 is 0 Å². The number of carboxylic acid groups (broad SMARTS) is 1. The third-order valence-electron chi connectivity index (χ3n) is 4.46. The zero-order valence-electron chi connectivity index (χ0n) is 16.3. The van der Waals surface area contributed by atoms with Crippen molar-refractivity contribution in [3.63, 3.8) is 0 Å². The lowest BCUT2D eigenvalue weighted by Crippen LogP contribution is -2.35. The second kappa shape index (κ2) is 11.1. The van der Waals surface area contributed by atoms with Gasteiger partial charge in [-0.05, 0) is 23.8 Å². The molecule has 1 amide bonds. The van der Waals surface area contributed by atoms with Crippen LogP contribution in [0.5, 0.6) is 0 Å². The average molecular weight is 393 g/mol. The van der Waals surface area contributed by atoms with Crippen LogP contribution < -0.4 is 0 Å². The molecule has 2 aromatic rings. The van der Waals surface area contributed by atoms with E-state index in [9.17, 15) is 4.79 Å². The summed E-state index contributed by atoms with van der Waals surface area (Å²) in [5.74, 6) is 2.63. The predicted molar refractivity (Wildman–Crippen MR) is 98.1 cm³/mol. The minimum Gasteiger partial charge on any atom is -0.483 e. The molecule has 0 saturated carbocycles. The van der Waals surface area contributed by atoms with Gasteiger partial charge in [-0.3, -0.25) is 19.6 Å².